The molecule has 0 radical (unpaired) electrons. The van der Waals surface area contributed by atoms with E-state index in [1.165, 1.54) is 11.3 Å². The average molecular weight is 974 g/mol. The van der Waals surface area contributed by atoms with Crippen LogP contribution in [0, 0.1) is 0 Å². The number of pyridine rings is 2. The van der Waals surface area contributed by atoms with Crippen molar-refractivity contribution < 1.29 is 33.4 Å². The molecule has 0 bridgehead atoms. The van der Waals surface area contributed by atoms with Crippen molar-refractivity contribution in [3.8, 4) is 0 Å². The second-order valence-corrected chi connectivity index (χ2v) is 19.7. The van der Waals surface area contributed by atoms with E-state index in [0.29, 0.717) is 79.7 Å². The number of aromatic nitrogens is 4. The normalized spacial score (nSPS) is 14.0. The summed E-state index contributed by atoms with van der Waals surface area (Å²) in [4.78, 5) is 87.5. The molecule has 20 nitrogen and oxygen atoms in total. The topological polar surface area (TPSA) is 242 Å². The lowest BCUT2D eigenvalue weighted by Crippen LogP contribution is -2.50. The van der Waals surface area contributed by atoms with E-state index >= 15 is 0 Å². The number of hydrogen-bond acceptors (Lipinski definition) is 17. The highest BCUT2D eigenvalue weighted by Gasteiger charge is 2.29. The number of rotatable bonds is 9. The number of urea groups is 1. The number of nitrogens with one attached hydrogen (secondary N) is 4. The van der Waals surface area contributed by atoms with Crippen LogP contribution in [0.3, 0.4) is 0 Å². The van der Waals surface area contributed by atoms with Gasteiger partial charge in [-0.05, 0) is 78.1 Å². The molecule has 6 N–H and O–H groups in total. The fourth-order valence-electron chi connectivity index (χ4n) is 6.59. The predicted molar refractivity (Wildman–Crippen MR) is 264 cm³/mol. The number of amides is 6. The Morgan fingerprint density at radius 3 is 1.61 bits per heavy atom. The van der Waals surface area contributed by atoms with E-state index in [4.69, 9.17) is 15.2 Å². The van der Waals surface area contributed by atoms with E-state index in [1.807, 2.05) is 78.1 Å². The number of thiazole rings is 2. The zero-order chi connectivity index (χ0) is 48.3. The lowest BCUT2D eigenvalue weighted by molar-refractivity contribution is 0.0230. The Kier molecular flexibility index (Phi) is 16.5. The quantitative estimate of drug-likeness (QED) is 0.0892. The molecule has 2 saturated heterocycles. The molecule has 23 heteroatoms. The fourth-order valence-corrected chi connectivity index (χ4v) is 8.28. The summed E-state index contributed by atoms with van der Waals surface area (Å²) in [6.07, 6.45) is 7.83. The summed E-state index contributed by atoms with van der Waals surface area (Å²) in [5, 5.41) is 15.0. The van der Waals surface area contributed by atoms with Gasteiger partial charge in [-0.3, -0.25) is 24.9 Å². The van der Waals surface area contributed by atoms with Crippen molar-refractivity contribution in [2.75, 3.05) is 95.4 Å². The molecule has 5 aromatic rings. The molecular weight excluding hydrogens is 919 g/mol. The Labute approximate surface area is 401 Å². The summed E-state index contributed by atoms with van der Waals surface area (Å²) < 4.78 is 10.9. The maximum atomic E-state index is 13.0. The lowest BCUT2D eigenvalue weighted by Gasteiger charge is -2.37. The smallest absolute Gasteiger partial charge is 0.410 e. The first-order chi connectivity index (χ1) is 31.8. The van der Waals surface area contributed by atoms with Crippen molar-refractivity contribution in [2.45, 2.75) is 57.6 Å². The second-order valence-electron chi connectivity index (χ2n) is 17.0. The van der Waals surface area contributed by atoms with Gasteiger partial charge in [0.25, 0.3) is 11.8 Å². The molecule has 6 heterocycles. The predicted octanol–water partition coefficient (Wildman–Crippen LogP) is 7.64. The minimum absolute atomic E-state index is 0.171. The molecule has 0 aliphatic carbocycles. The summed E-state index contributed by atoms with van der Waals surface area (Å²) in [7, 11) is 0. The number of nitrogen functional groups attached to an aromatic ring is 1. The van der Waals surface area contributed by atoms with Crippen molar-refractivity contribution in [3.63, 3.8) is 0 Å². The number of benzene rings is 1. The molecule has 4 aromatic heterocycles. The highest BCUT2D eigenvalue weighted by molar-refractivity contribution is 7.98. The van der Waals surface area contributed by atoms with Crippen LogP contribution in [0.4, 0.5) is 53.1 Å². The van der Waals surface area contributed by atoms with Crippen LogP contribution in [0.1, 0.15) is 62.5 Å². The van der Waals surface area contributed by atoms with Crippen molar-refractivity contribution in [3.05, 3.63) is 83.3 Å². The first-order valence-corrected chi connectivity index (χ1v) is 24.2. The van der Waals surface area contributed by atoms with Gasteiger partial charge in [-0.25, -0.2) is 24.4 Å². The number of anilines is 7. The number of hydrogen-bond donors (Lipinski definition) is 5. The van der Waals surface area contributed by atoms with E-state index in [1.54, 1.807) is 63.2 Å². The van der Waals surface area contributed by atoms with Crippen molar-refractivity contribution >= 4 is 103 Å². The van der Waals surface area contributed by atoms with Gasteiger partial charge in [0.1, 0.15) is 22.6 Å². The van der Waals surface area contributed by atoms with Crippen LogP contribution < -0.4 is 36.8 Å². The minimum Gasteiger partial charge on any atom is -0.444 e. The van der Waals surface area contributed by atoms with Crippen LogP contribution in [0.15, 0.2) is 76.8 Å². The largest absolute Gasteiger partial charge is 0.444 e. The maximum absolute atomic E-state index is 13.0. The van der Waals surface area contributed by atoms with E-state index in [-0.39, 0.29) is 29.5 Å². The van der Waals surface area contributed by atoms with E-state index in [0.717, 1.165) is 27.6 Å². The molecule has 0 unspecified atom stereocenters. The third-order valence-corrected chi connectivity index (χ3v) is 11.8. The summed E-state index contributed by atoms with van der Waals surface area (Å²) in [5.41, 5.74) is 8.38. The molecule has 2 aliphatic rings. The van der Waals surface area contributed by atoms with Crippen LogP contribution in [-0.2, 0) is 9.47 Å². The molecule has 0 spiro atoms. The molecule has 7 rings (SSSR count). The van der Waals surface area contributed by atoms with Gasteiger partial charge in [0.05, 0.1) is 35.1 Å². The number of nitrogens with two attached hydrogens (primary N) is 1. The monoisotopic (exact) mass is 973 g/mol. The average Bonchev–Trinajstić information content (AvgIpc) is 3.95. The minimum atomic E-state index is -0.550. The molecule has 1 aromatic carbocycles. The van der Waals surface area contributed by atoms with Gasteiger partial charge in [-0.15, -0.1) is 34.4 Å². The first kappa shape index (κ1) is 49.7. The summed E-state index contributed by atoms with van der Waals surface area (Å²) >= 11 is 3.94. The van der Waals surface area contributed by atoms with Crippen LogP contribution >= 0.6 is 34.4 Å². The molecule has 2 fully saturated rings. The zero-order valence-electron chi connectivity index (χ0n) is 38.3. The first-order valence-electron chi connectivity index (χ1n) is 21.2. The molecule has 0 atom stereocenters. The number of carbonyl (C=O) groups is 5. The Balaban J connectivity index is 0.000000233. The van der Waals surface area contributed by atoms with Crippen LogP contribution in [-0.4, -0.2) is 130 Å². The Morgan fingerprint density at radius 2 is 1.15 bits per heavy atom. The van der Waals surface area contributed by atoms with Crippen molar-refractivity contribution in [1.29, 1.82) is 0 Å². The molecule has 67 heavy (non-hydrogen) atoms. The van der Waals surface area contributed by atoms with Gasteiger partial charge >= 0.3 is 18.2 Å². The van der Waals surface area contributed by atoms with Gasteiger partial charge in [-0.1, -0.05) is 6.07 Å². The number of ether oxygens (including phenoxy) is 2. The Bertz CT molecular complexity index is 2530. The van der Waals surface area contributed by atoms with Gasteiger partial charge in [0.15, 0.2) is 10.3 Å². The van der Waals surface area contributed by atoms with E-state index in [9.17, 15) is 24.0 Å². The third-order valence-electron chi connectivity index (χ3n) is 9.68. The lowest BCUT2D eigenvalue weighted by atomic mass is 10.2. The van der Waals surface area contributed by atoms with Gasteiger partial charge in [0.2, 0.25) is 0 Å². The SMILES string of the molecule is CC(C)(C)OC(=O)N1CCN(c2ccncc2NC(=O)c2csc(N)n2)CC1.CSc1cccc(NC(=O)Nc2nc(C(=O)Nc3cnccc3N3CCN(C(=O)OC(C)(C)C)CC3)cs2)c1. The highest BCUT2D eigenvalue weighted by Crippen LogP contribution is 2.29. The maximum Gasteiger partial charge on any atom is 0.410 e. The van der Waals surface area contributed by atoms with Crippen LogP contribution in [0.5, 0.6) is 0 Å². The van der Waals surface area contributed by atoms with E-state index < -0.39 is 23.1 Å². The molecular formula is C44H55N13O7S3. The van der Waals surface area contributed by atoms with Gasteiger partial charge in [0, 0.05) is 86.1 Å². The van der Waals surface area contributed by atoms with E-state index in [2.05, 4.69) is 51.0 Å². The number of carbonyl (C=O) groups excluding carboxylic acids is 5. The highest BCUT2D eigenvalue weighted by atomic mass is 32.2. The second kappa shape index (κ2) is 22.2. The fraction of sp³-hybridized carbons (Fsp3) is 0.386. The Hall–Kier alpha value is -6.72. The van der Waals surface area contributed by atoms with Gasteiger partial charge in [-0.2, -0.15) is 0 Å². The van der Waals surface area contributed by atoms with Crippen molar-refractivity contribution in [1.82, 2.24) is 29.7 Å². The number of piperazine rings is 2. The molecule has 0 saturated carbocycles. The van der Waals surface area contributed by atoms with Crippen molar-refractivity contribution in [2.24, 2.45) is 0 Å². The third kappa shape index (κ3) is 14.6. The number of nitrogens with zero attached hydrogens (tertiary/aromatic N) is 8. The van der Waals surface area contributed by atoms with Crippen LogP contribution in [0.25, 0.3) is 0 Å². The zero-order valence-corrected chi connectivity index (χ0v) is 40.8. The van der Waals surface area contributed by atoms with Gasteiger partial charge < -0.3 is 50.8 Å². The standard InChI is InChI=1S/C26H31N7O4S2.C18H24N6O3S/c1-26(2,3)37-25(36)33-12-10-32(11-13-33)21-8-9-27-15-19(21)29-22(34)20-16-39-24(30-20)31-23(35)28-17-6-5-7-18(14-17)38-4;1-18(2,3)27-17(26)24-8-6-23(7-9-24)14-4-5-20-10-12(14)21-15(25)13-11-28-16(19)22-13/h5-9,14-16H,10-13H2,1-4H3,(H,29,34)(H2,28,30,31,35);4-5,10-11H,6-9H2,1-3H3,(H2,19,22)(H,21,25). The number of thioether (sulfide) groups is 1. The molecule has 356 valence electrons. The Morgan fingerprint density at radius 1 is 0.657 bits per heavy atom. The summed E-state index contributed by atoms with van der Waals surface area (Å²) in [6.45, 7) is 15.5. The summed E-state index contributed by atoms with van der Waals surface area (Å²) in [5.74, 6) is -0.761. The van der Waals surface area contributed by atoms with Crippen LogP contribution in [0.2, 0.25) is 0 Å². The summed E-state index contributed by atoms with van der Waals surface area (Å²) in [6, 6.07) is 10.7. The molecule has 2 aliphatic heterocycles. The molecule has 6 amide bonds.